The quantitative estimate of drug-likeness (QED) is 0.451. The number of aliphatic hydroxyl groups excluding tert-OH is 1. The fourth-order valence-electron chi connectivity index (χ4n) is 2.59. The van der Waals surface area contributed by atoms with Gasteiger partial charge in [-0.05, 0) is 23.3 Å². The zero-order valence-electron chi connectivity index (χ0n) is 16.2. The van der Waals surface area contributed by atoms with E-state index in [9.17, 15) is 19.5 Å². The summed E-state index contributed by atoms with van der Waals surface area (Å²) < 4.78 is 5.02. The lowest BCUT2D eigenvalue weighted by Gasteiger charge is -2.17. The number of nitrogens with one attached hydrogen (secondary N) is 2. The Kier molecular flexibility index (Phi) is 9.11. The van der Waals surface area contributed by atoms with E-state index in [2.05, 4.69) is 10.6 Å². The van der Waals surface area contributed by atoms with Gasteiger partial charge in [0.2, 0.25) is 11.8 Å². The molecule has 0 spiro atoms. The number of nitrogens with two attached hydrogens (primary N) is 1. The smallest absolute Gasteiger partial charge is 0.407 e. The van der Waals surface area contributed by atoms with Crippen LogP contribution in [0.15, 0.2) is 54.6 Å². The van der Waals surface area contributed by atoms with Gasteiger partial charge in [-0.3, -0.25) is 9.59 Å². The number of hydrogen-bond acceptors (Lipinski definition) is 5. The van der Waals surface area contributed by atoms with Crippen molar-refractivity contribution in [2.45, 2.75) is 31.6 Å². The van der Waals surface area contributed by atoms with E-state index in [1.807, 2.05) is 30.3 Å². The van der Waals surface area contributed by atoms with Crippen molar-refractivity contribution in [3.63, 3.8) is 0 Å². The fourth-order valence-corrected chi connectivity index (χ4v) is 2.72. The number of carbonyl (C=O) groups excluding carboxylic acids is 3. The molecule has 2 aromatic rings. The molecule has 0 unspecified atom stereocenters. The Morgan fingerprint density at radius 2 is 1.70 bits per heavy atom. The van der Waals surface area contributed by atoms with Gasteiger partial charge in [0, 0.05) is 18.0 Å². The number of carbonyl (C=O) groups is 3. The van der Waals surface area contributed by atoms with Crippen molar-refractivity contribution in [1.82, 2.24) is 10.6 Å². The Labute approximate surface area is 179 Å². The lowest BCUT2D eigenvalue weighted by molar-refractivity contribution is -0.128. The van der Waals surface area contributed by atoms with Gasteiger partial charge in [0.1, 0.15) is 12.6 Å². The van der Waals surface area contributed by atoms with Gasteiger partial charge < -0.3 is 26.2 Å². The molecular weight excluding hydrogens is 410 g/mol. The Bertz CT molecular complexity index is 845. The first-order valence-corrected chi connectivity index (χ1v) is 9.67. The summed E-state index contributed by atoms with van der Waals surface area (Å²) in [5, 5.41) is 15.4. The summed E-state index contributed by atoms with van der Waals surface area (Å²) in [5.41, 5.74) is 6.95. The van der Waals surface area contributed by atoms with Crippen LogP contribution < -0.4 is 16.4 Å². The molecule has 0 aliphatic carbocycles. The maximum absolute atomic E-state index is 12.1. The molecule has 5 N–H and O–H groups in total. The van der Waals surface area contributed by atoms with Gasteiger partial charge in [0.05, 0.1) is 12.5 Å². The number of benzene rings is 2. The third kappa shape index (κ3) is 8.50. The average molecular weight is 434 g/mol. The van der Waals surface area contributed by atoms with Crippen molar-refractivity contribution in [3.8, 4) is 0 Å². The monoisotopic (exact) mass is 433 g/mol. The van der Waals surface area contributed by atoms with Gasteiger partial charge in [0.25, 0.3) is 0 Å². The molecule has 0 fully saturated rings. The molecule has 0 aliphatic rings. The SMILES string of the molecule is NC(=O)[C@H](Cc1ccc(Cl)cc1)NC(=O)C[C@@H](O)CNC(=O)OCc1ccccc1. The van der Waals surface area contributed by atoms with Crippen molar-refractivity contribution in [2.24, 2.45) is 5.73 Å². The molecule has 2 atom stereocenters. The van der Waals surface area contributed by atoms with E-state index in [4.69, 9.17) is 22.1 Å². The van der Waals surface area contributed by atoms with Crippen LogP contribution in [0.4, 0.5) is 4.79 Å². The number of primary amides is 1. The molecule has 2 rings (SSSR count). The molecule has 0 saturated heterocycles. The Morgan fingerprint density at radius 1 is 1.03 bits per heavy atom. The van der Waals surface area contributed by atoms with Gasteiger partial charge >= 0.3 is 6.09 Å². The van der Waals surface area contributed by atoms with Crippen LogP contribution in [-0.2, 0) is 27.4 Å². The maximum Gasteiger partial charge on any atom is 0.407 e. The molecule has 2 aromatic carbocycles. The summed E-state index contributed by atoms with van der Waals surface area (Å²) in [6, 6.07) is 15.0. The maximum atomic E-state index is 12.1. The lowest BCUT2D eigenvalue weighted by atomic mass is 10.1. The number of rotatable bonds is 10. The molecule has 0 saturated carbocycles. The van der Waals surface area contributed by atoms with Gasteiger partial charge in [0.15, 0.2) is 0 Å². The molecule has 9 heteroatoms. The van der Waals surface area contributed by atoms with E-state index < -0.39 is 30.1 Å². The van der Waals surface area contributed by atoms with Crippen molar-refractivity contribution >= 4 is 29.5 Å². The van der Waals surface area contributed by atoms with E-state index in [-0.39, 0.29) is 26.0 Å². The van der Waals surface area contributed by atoms with Crippen LogP contribution in [-0.4, -0.2) is 41.7 Å². The molecule has 8 nitrogen and oxygen atoms in total. The highest BCUT2D eigenvalue weighted by Gasteiger charge is 2.20. The van der Waals surface area contributed by atoms with Gasteiger partial charge in [-0.15, -0.1) is 0 Å². The average Bonchev–Trinajstić information content (AvgIpc) is 2.72. The summed E-state index contributed by atoms with van der Waals surface area (Å²) in [5.74, 6) is -1.27. The van der Waals surface area contributed by atoms with Crippen LogP contribution >= 0.6 is 11.6 Å². The molecule has 0 bridgehead atoms. The standard InChI is InChI=1S/C21H24ClN3O5/c22-16-8-6-14(7-9-16)10-18(20(23)28)25-19(27)11-17(26)12-24-21(29)30-13-15-4-2-1-3-5-15/h1-9,17-18,26H,10-13H2,(H2,23,28)(H,24,29)(H,25,27)/t17-,18+/m1/s1. The highest BCUT2D eigenvalue weighted by Crippen LogP contribution is 2.11. The van der Waals surface area contributed by atoms with Gasteiger partial charge in [-0.1, -0.05) is 54.1 Å². The first-order valence-electron chi connectivity index (χ1n) is 9.29. The molecule has 160 valence electrons. The zero-order chi connectivity index (χ0) is 21.9. The van der Waals surface area contributed by atoms with Crippen molar-refractivity contribution < 1.29 is 24.2 Å². The summed E-state index contributed by atoms with van der Waals surface area (Å²) in [7, 11) is 0. The summed E-state index contributed by atoms with van der Waals surface area (Å²) in [4.78, 5) is 35.5. The van der Waals surface area contributed by atoms with E-state index in [1.54, 1.807) is 24.3 Å². The Hall–Kier alpha value is -3.10. The molecule has 0 aromatic heterocycles. The lowest BCUT2D eigenvalue weighted by Crippen LogP contribution is -2.47. The zero-order valence-corrected chi connectivity index (χ0v) is 17.0. The van der Waals surface area contributed by atoms with Crippen molar-refractivity contribution in [2.75, 3.05) is 6.54 Å². The number of ether oxygens (including phenoxy) is 1. The minimum atomic E-state index is -1.15. The topological polar surface area (TPSA) is 131 Å². The number of aliphatic hydroxyl groups is 1. The minimum absolute atomic E-state index is 0.0915. The van der Waals surface area contributed by atoms with Crippen LogP contribution in [0.1, 0.15) is 17.5 Å². The van der Waals surface area contributed by atoms with Crippen LogP contribution in [0, 0.1) is 0 Å². The first kappa shape index (κ1) is 23.2. The number of halogens is 1. The highest BCUT2D eigenvalue weighted by molar-refractivity contribution is 6.30. The second kappa shape index (κ2) is 11.8. The highest BCUT2D eigenvalue weighted by atomic mass is 35.5. The van der Waals surface area contributed by atoms with Gasteiger partial charge in [-0.25, -0.2) is 4.79 Å². The number of alkyl carbamates (subject to hydrolysis) is 1. The molecule has 0 radical (unpaired) electrons. The molecule has 0 heterocycles. The Morgan fingerprint density at radius 3 is 2.33 bits per heavy atom. The van der Waals surface area contributed by atoms with Gasteiger partial charge in [-0.2, -0.15) is 0 Å². The predicted octanol–water partition coefficient (Wildman–Crippen LogP) is 1.53. The van der Waals surface area contributed by atoms with Crippen LogP contribution in [0.25, 0.3) is 0 Å². The van der Waals surface area contributed by atoms with E-state index in [0.29, 0.717) is 5.02 Å². The molecule has 3 amide bonds. The molecule has 0 aliphatic heterocycles. The second-order valence-electron chi connectivity index (χ2n) is 6.65. The van der Waals surface area contributed by atoms with Crippen molar-refractivity contribution in [3.05, 3.63) is 70.7 Å². The predicted molar refractivity (Wildman–Crippen MR) is 112 cm³/mol. The minimum Gasteiger partial charge on any atom is -0.445 e. The third-order valence-electron chi connectivity index (χ3n) is 4.15. The largest absolute Gasteiger partial charge is 0.445 e. The molecular formula is C21H24ClN3O5. The van der Waals surface area contributed by atoms with E-state index in [1.165, 1.54) is 0 Å². The van der Waals surface area contributed by atoms with E-state index >= 15 is 0 Å². The van der Waals surface area contributed by atoms with Crippen LogP contribution in [0.2, 0.25) is 5.02 Å². The third-order valence-corrected chi connectivity index (χ3v) is 4.40. The fraction of sp³-hybridized carbons (Fsp3) is 0.286. The Balaban J connectivity index is 1.73. The first-order chi connectivity index (χ1) is 14.3. The summed E-state index contributed by atoms with van der Waals surface area (Å²) in [6.07, 6.45) is -1.99. The number of amides is 3. The number of hydrogen-bond donors (Lipinski definition) is 4. The van der Waals surface area contributed by atoms with E-state index in [0.717, 1.165) is 11.1 Å². The summed E-state index contributed by atoms with van der Waals surface area (Å²) in [6.45, 7) is -0.0896. The van der Waals surface area contributed by atoms with Crippen LogP contribution in [0.3, 0.4) is 0 Å². The molecule has 30 heavy (non-hydrogen) atoms. The summed E-state index contributed by atoms with van der Waals surface area (Å²) >= 11 is 5.83. The van der Waals surface area contributed by atoms with Crippen LogP contribution in [0.5, 0.6) is 0 Å². The van der Waals surface area contributed by atoms with Crippen molar-refractivity contribution in [1.29, 1.82) is 0 Å². The second-order valence-corrected chi connectivity index (χ2v) is 7.09. The normalized spacial score (nSPS) is 12.5.